The van der Waals surface area contributed by atoms with E-state index in [4.69, 9.17) is 15.1 Å². The fourth-order valence-corrected chi connectivity index (χ4v) is 3.30. The largest absolute Gasteiger partial charge is 0.461 e. The minimum absolute atomic E-state index is 0.243. The van der Waals surface area contributed by atoms with Gasteiger partial charge in [-0.2, -0.15) is 4.52 Å². The first-order valence-corrected chi connectivity index (χ1v) is 8.43. The molecule has 7 heteroatoms. The van der Waals surface area contributed by atoms with Crippen molar-refractivity contribution < 1.29 is 4.42 Å². The maximum Gasteiger partial charge on any atom is 0.273 e. The van der Waals surface area contributed by atoms with Crippen molar-refractivity contribution in [2.75, 3.05) is 5.73 Å². The summed E-state index contributed by atoms with van der Waals surface area (Å²) in [5.41, 5.74) is 9.76. The molecule has 132 valence electrons. The van der Waals surface area contributed by atoms with Crippen molar-refractivity contribution in [3.05, 3.63) is 70.8 Å². The molecule has 1 aromatic carbocycles. The number of nitrogen functional groups attached to an aromatic ring is 1. The number of hydrogen-bond donors (Lipinski definition) is 2. The van der Waals surface area contributed by atoms with Gasteiger partial charge in [-0.1, -0.05) is 6.07 Å². The molecule has 5 aromatic rings. The molecule has 5 rings (SSSR count). The Morgan fingerprint density at radius 2 is 2.00 bits per heavy atom. The van der Waals surface area contributed by atoms with Crippen molar-refractivity contribution in [2.24, 2.45) is 0 Å². The summed E-state index contributed by atoms with van der Waals surface area (Å²) in [7, 11) is 0. The van der Waals surface area contributed by atoms with Crippen molar-refractivity contribution >= 4 is 22.4 Å². The summed E-state index contributed by atoms with van der Waals surface area (Å²) in [5.74, 6) is 1.18. The first kappa shape index (κ1) is 15.4. The summed E-state index contributed by atoms with van der Waals surface area (Å²) in [6.07, 6.45) is 1.68. The number of anilines is 1. The SMILES string of the molecule is Cc1cc2cc(-c3cc(=O)n4[nH]c(N)c(-c5ccccn5)c4n3)ccc2o1. The highest BCUT2D eigenvalue weighted by Gasteiger charge is 2.17. The number of H-pyrrole nitrogens is 1. The Labute approximate surface area is 153 Å². The van der Waals surface area contributed by atoms with Crippen molar-refractivity contribution in [3.63, 3.8) is 0 Å². The second kappa shape index (κ2) is 5.57. The fourth-order valence-electron chi connectivity index (χ4n) is 3.30. The van der Waals surface area contributed by atoms with Crippen LogP contribution in [-0.4, -0.2) is 19.6 Å². The van der Waals surface area contributed by atoms with E-state index in [0.29, 0.717) is 28.4 Å². The van der Waals surface area contributed by atoms with E-state index in [-0.39, 0.29) is 5.56 Å². The zero-order valence-electron chi connectivity index (χ0n) is 14.4. The minimum atomic E-state index is -0.243. The zero-order chi connectivity index (χ0) is 18.5. The van der Waals surface area contributed by atoms with Gasteiger partial charge in [0, 0.05) is 23.2 Å². The Hall–Kier alpha value is -3.87. The molecule has 0 saturated heterocycles. The topological polar surface area (TPSA) is 102 Å². The number of hydrogen-bond acceptors (Lipinski definition) is 5. The van der Waals surface area contributed by atoms with E-state index in [2.05, 4.69) is 10.1 Å². The lowest BCUT2D eigenvalue weighted by Crippen LogP contribution is -2.14. The predicted octanol–water partition coefficient (Wildman–Crippen LogP) is 3.39. The highest BCUT2D eigenvalue weighted by molar-refractivity contribution is 5.87. The first-order valence-electron chi connectivity index (χ1n) is 8.43. The first-order chi connectivity index (χ1) is 13.1. The van der Waals surface area contributed by atoms with Crippen LogP contribution in [0.5, 0.6) is 0 Å². The van der Waals surface area contributed by atoms with Crippen LogP contribution in [0.25, 0.3) is 39.1 Å². The van der Waals surface area contributed by atoms with Gasteiger partial charge in [-0.15, -0.1) is 0 Å². The molecule has 0 saturated carbocycles. The quantitative estimate of drug-likeness (QED) is 0.504. The summed E-state index contributed by atoms with van der Waals surface area (Å²) in [6.45, 7) is 1.90. The Morgan fingerprint density at radius 3 is 2.81 bits per heavy atom. The molecule has 4 aromatic heterocycles. The molecule has 3 N–H and O–H groups in total. The van der Waals surface area contributed by atoms with Crippen molar-refractivity contribution in [1.29, 1.82) is 0 Å². The molecule has 0 radical (unpaired) electrons. The average Bonchev–Trinajstić information content (AvgIpc) is 3.20. The third-order valence-electron chi connectivity index (χ3n) is 4.50. The number of pyridine rings is 1. The Balaban J connectivity index is 1.77. The van der Waals surface area contributed by atoms with Gasteiger partial charge in [0.15, 0.2) is 5.65 Å². The lowest BCUT2D eigenvalue weighted by Gasteiger charge is -2.03. The van der Waals surface area contributed by atoms with E-state index in [0.717, 1.165) is 22.3 Å². The van der Waals surface area contributed by atoms with Crippen LogP contribution < -0.4 is 11.3 Å². The van der Waals surface area contributed by atoms with Gasteiger partial charge in [-0.05, 0) is 43.3 Å². The molecule has 4 heterocycles. The Kier molecular flexibility index (Phi) is 3.17. The van der Waals surface area contributed by atoms with Crippen molar-refractivity contribution in [2.45, 2.75) is 6.92 Å². The standard InChI is InChI=1S/C20H15N5O2/c1-11-8-13-9-12(5-6-16(13)27-11)15-10-17(26)25-20(23-15)18(19(21)24-25)14-4-2-3-7-22-14/h2-10,24H,21H2,1H3. The number of fused-ring (bicyclic) bond motifs is 2. The third-order valence-corrected chi connectivity index (χ3v) is 4.50. The second-order valence-electron chi connectivity index (χ2n) is 6.36. The molecule has 0 amide bonds. The average molecular weight is 357 g/mol. The maximum absolute atomic E-state index is 12.6. The lowest BCUT2D eigenvalue weighted by molar-refractivity contribution is 0.578. The van der Waals surface area contributed by atoms with Crippen LogP contribution in [-0.2, 0) is 0 Å². The highest BCUT2D eigenvalue weighted by Crippen LogP contribution is 2.29. The molecule has 7 nitrogen and oxygen atoms in total. The number of aromatic nitrogens is 4. The zero-order valence-corrected chi connectivity index (χ0v) is 14.4. The number of nitrogens with zero attached hydrogens (tertiary/aromatic N) is 3. The van der Waals surface area contributed by atoms with Gasteiger partial charge >= 0.3 is 0 Å². The number of benzene rings is 1. The van der Waals surface area contributed by atoms with Gasteiger partial charge in [-0.25, -0.2) is 4.98 Å². The van der Waals surface area contributed by atoms with Crippen molar-refractivity contribution in [1.82, 2.24) is 19.6 Å². The van der Waals surface area contributed by atoms with Crippen LogP contribution in [0.15, 0.2) is 63.9 Å². The molecule has 0 unspecified atom stereocenters. The fraction of sp³-hybridized carbons (Fsp3) is 0.0500. The Bertz CT molecular complexity index is 1360. The second-order valence-corrected chi connectivity index (χ2v) is 6.36. The maximum atomic E-state index is 12.6. The number of furan rings is 1. The molecule has 27 heavy (non-hydrogen) atoms. The van der Waals surface area contributed by atoms with Crippen LogP contribution in [0.1, 0.15) is 5.76 Å². The van der Waals surface area contributed by atoms with Gasteiger partial charge in [-0.3, -0.25) is 14.9 Å². The molecule has 0 aliphatic carbocycles. The number of nitrogens with two attached hydrogens (primary N) is 1. The summed E-state index contributed by atoms with van der Waals surface area (Å²) in [6, 6.07) is 14.7. The highest BCUT2D eigenvalue weighted by atomic mass is 16.3. The summed E-state index contributed by atoms with van der Waals surface area (Å²) < 4.78 is 6.95. The summed E-state index contributed by atoms with van der Waals surface area (Å²) in [5, 5.41) is 3.83. The third kappa shape index (κ3) is 2.40. The van der Waals surface area contributed by atoms with Crippen molar-refractivity contribution in [3.8, 4) is 22.5 Å². The number of rotatable bonds is 2. The summed E-state index contributed by atoms with van der Waals surface area (Å²) in [4.78, 5) is 21.7. The lowest BCUT2D eigenvalue weighted by atomic mass is 10.1. The van der Waals surface area contributed by atoms with Gasteiger partial charge in [0.05, 0.1) is 17.0 Å². The van der Waals surface area contributed by atoms with Crippen LogP contribution in [0.3, 0.4) is 0 Å². The molecule has 0 aliphatic rings. The van der Waals surface area contributed by atoms with Gasteiger partial charge in [0.2, 0.25) is 0 Å². The molecule has 0 aliphatic heterocycles. The normalized spacial score (nSPS) is 11.4. The minimum Gasteiger partial charge on any atom is -0.461 e. The van der Waals surface area contributed by atoms with Crippen LogP contribution in [0.2, 0.25) is 0 Å². The number of nitrogens with one attached hydrogen (secondary N) is 1. The number of aryl methyl sites for hydroxylation is 1. The molecule has 0 spiro atoms. The monoisotopic (exact) mass is 357 g/mol. The van der Waals surface area contributed by atoms with E-state index in [1.807, 2.05) is 49.4 Å². The molecular formula is C20H15N5O2. The van der Waals surface area contributed by atoms with E-state index in [1.54, 1.807) is 6.20 Å². The van der Waals surface area contributed by atoms with Crippen LogP contribution in [0, 0.1) is 6.92 Å². The smallest absolute Gasteiger partial charge is 0.273 e. The van der Waals surface area contributed by atoms with E-state index in [9.17, 15) is 4.79 Å². The van der Waals surface area contributed by atoms with E-state index < -0.39 is 0 Å². The van der Waals surface area contributed by atoms with Crippen LogP contribution >= 0.6 is 0 Å². The van der Waals surface area contributed by atoms with E-state index in [1.165, 1.54) is 10.6 Å². The number of aromatic amines is 1. The van der Waals surface area contributed by atoms with Gasteiger partial charge in [0.25, 0.3) is 5.56 Å². The summed E-state index contributed by atoms with van der Waals surface area (Å²) >= 11 is 0. The van der Waals surface area contributed by atoms with Gasteiger partial charge in [0.1, 0.15) is 17.2 Å². The van der Waals surface area contributed by atoms with Gasteiger partial charge < -0.3 is 10.2 Å². The molecule has 0 bridgehead atoms. The Morgan fingerprint density at radius 1 is 1.11 bits per heavy atom. The molecule has 0 atom stereocenters. The predicted molar refractivity (Wildman–Crippen MR) is 103 cm³/mol. The van der Waals surface area contributed by atoms with Crippen LogP contribution in [0.4, 0.5) is 5.82 Å². The van der Waals surface area contributed by atoms with E-state index >= 15 is 0 Å². The molecular weight excluding hydrogens is 342 g/mol. The molecule has 0 fully saturated rings.